The molecule has 35 heavy (non-hydrogen) atoms. The van der Waals surface area contributed by atoms with E-state index in [2.05, 4.69) is 0 Å². The van der Waals surface area contributed by atoms with Crippen LogP contribution in [0.5, 0.6) is 5.75 Å². The number of sulfonamides is 1. The molecule has 0 saturated heterocycles. The minimum atomic E-state index is -3.87. The molecule has 1 aliphatic heterocycles. The van der Waals surface area contributed by atoms with E-state index in [0.29, 0.717) is 12.2 Å². The Bertz CT molecular complexity index is 1180. The summed E-state index contributed by atoms with van der Waals surface area (Å²) >= 11 is 6.58. The number of hydrogen-bond donors (Lipinski definition) is 1. The van der Waals surface area contributed by atoms with Gasteiger partial charge in [0.2, 0.25) is 10.0 Å². The second-order valence-corrected chi connectivity index (χ2v) is 12.5. The summed E-state index contributed by atoms with van der Waals surface area (Å²) in [5, 5.41) is 9.66. The Morgan fingerprint density at radius 3 is 2.43 bits per heavy atom. The van der Waals surface area contributed by atoms with Gasteiger partial charge in [0.05, 0.1) is 16.1 Å². The fourth-order valence-corrected chi connectivity index (χ4v) is 6.73. The first kappa shape index (κ1) is 25.8. The molecule has 0 radical (unpaired) electrons. The van der Waals surface area contributed by atoms with E-state index in [4.69, 9.17) is 16.3 Å². The van der Waals surface area contributed by atoms with E-state index in [0.717, 1.165) is 31.4 Å². The number of aliphatic carboxylic acids is 1. The summed E-state index contributed by atoms with van der Waals surface area (Å²) in [6.45, 7) is 3.45. The van der Waals surface area contributed by atoms with E-state index < -0.39 is 21.4 Å². The first-order valence-corrected chi connectivity index (χ1v) is 13.8. The predicted octanol–water partition coefficient (Wildman–Crippen LogP) is 5.55. The molecule has 0 unspecified atom stereocenters. The highest BCUT2D eigenvalue weighted by atomic mass is 35.5. The minimum Gasteiger partial charge on any atom is -0.491 e. The zero-order valence-corrected chi connectivity index (χ0v) is 22.0. The summed E-state index contributed by atoms with van der Waals surface area (Å²) in [6, 6.07) is 12.6. The van der Waals surface area contributed by atoms with Gasteiger partial charge in [0.1, 0.15) is 17.3 Å². The molecule has 0 spiro atoms. The van der Waals surface area contributed by atoms with Crippen molar-refractivity contribution in [2.75, 3.05) is 25.1 Å². The highest BCUT2D eigenvalue weighted by Gasteiger charge is 2.41. The van der Waals surface area contributed by atoms with E-state index in [1.54, 1.807) is 27.0 Å². The van der Waals surface area contributed by atoms with Crippen LogP contribution in [0.15, 0.2) is 47.4 Å². The van der Waals surface area contributed by atoms with Crippen LogP contribution in [-0.4, -0.2) is 50.0 Å². The van der Waals surface area contributed by atoms with E-state index >= 15 is 0 Å². The highest BCUT2D eigenvalue weighted by Crippen LogP contribution is 2.44. The first-order chi connectivity index (χ1) is 16.5. The summed E-state index contributed by atoms with van der Waals surface area (Å²) in [5.74, 6) is -0.589. The molecule has 1 atom stereocenters. The number of halogens is 1. The van der Waals surface area contributed by atoms with Crippen molar-refractivity contribution in [1.82, 2.24) is 4.31 Å². The molecule has 9 heteroatoms. The van der Waals surface area contributed by atoms with Crippen LogP contribution in [0.3, 0.4) is 0 Å². The second kappa shape index (κ2) is 9.99. The van der Waals surface area contributed by atoms with Gasteiger partial charge in [0.25, 0.3) is 0 Å². The van der Waals surface area contributed by atoms with E-state index in [1.165, 1.54) is 16.8 Å². The molecule has 1 heterocycles. The van der Waals surface area contributed by atoms with Crippen LogP contribution in [0.4, 0.5) is 11.4 Å². The number of rotatable bonds is 6. The van der Waals surface area contributed by atoms with Gasteiger partial charge in [-0.2, -0.15) is 4.31 Å². The van der Waals surface area contributed by atoms with Gasteiger partial charge in [-0.3, -0.25) is 4.79 Å². The SMILES string of the molecule is CN1[C@H](C2CCCCC2)CN(c2ccccc2)c2cc(Cl)c(OCC(C)(C)C(=O)O)cc2S1(=O)=O. The number of likely N-dealkylation sites (N-methyl/N-ethyl adjacent to an activating group) is 1. The van der Waals surface area contributed by atoms with Gasteiger partial charge in [-0.05, 0) is 50.8 Å². The minimum absolute atomic E-state index is 0.106. The Balaban J connectivity index is 1.82. The molecule has 1 aliphatic carbocycles. The van der Waals surface area contributed by atoms with Crippen molar-refractivity contribution in [3.63, 3.8) is 0 Å². The summed E-state index contributed by atoms with van der Waals surface area (Å²) in [4.78, 5) is 13.7. The van der Waals surface area contributed by atoms with Crippen molar-refractivity contribution >= 4 is 39.0 Å². The van der Waals surface area contributed by atoms with Gasteiger partial charge in [-0.15, -0.1) is 0 Å². The standard InChI is InChI=1S/C26H33ClN2O5S/c1-26(2,25(30)31)17-34-23-15-24-21(14-20(23)27)29(19-12-8-5-9-13-19)16-22(28(3)35(24,32)33)18-10-6-4-7-11-18/h5,8-9,12-15,18,22H,4,6-7,10-11,16-17H2,1-3H3,(H,30,31)/t22-/m0/s1. The van der Waals surface area contributed by atoms with Crippen molar-refractivity contribution in [1.29, 1.82) is 0 Å². The second-order valence-electron chi connectivity index (χ2n) is 10.2. The quantitative estimate of drug-likeness (QED) is 0.537. The number of hydrogen-bond acceptors (Lipinski definition) is 5. The fraction of sp³-hybridized carbons (Fsp3) is 0.500. The first-order valence-electron chi connectivity index (χ1n) is 12.0. The molecule has 0 amide bonds. The van der Waals surface area contributed by atoms with Gasteiger partial charge in [0, 0.05) is 31.4 Å². The number of para-hydroxylation sites is 1. The molecular formula is C26H33ClN2O5S. The largest absolute Gasteiger partial charge is 0.491 e. The van der Waals surface area contributed by atoms with Crippen molar-refractivity contribution in [3.8, 4) is 5.75 Å². The Morgan fingerprint density at radius 2 is 1.80 bits per heavy atom. The van der Waals surface area contributed by atoms with Crippen molar-refractivity contribution in [2.45, 2.75) is 56.9 Å². The lowest BCUT2D eigenvalue weighted by Crippen LogP contribution is -2.46. The molecule has 190 valence electrons. The van der Waals surface area contributed by atoms with Gasteiger partial charge < -0.3 is 14.7 Å². The van der Waals surface area contributed by atoms with Crippen molar-refractivity contribution in [2.24, 2.45) is 11.3 Å². The molecular weight excluding hydrogens is 488 g/mol. The predicted molar refractivity (Wildman–Crippen MR) is 137 cm³/mol. The number of anilines is 2. The van der Waals surface area contributed by atoms with E-state index in [1.807, 2.05) is 35.2 Å². The molecule has 0 bridgehead atoms. The monoisotopic (exact) mass is 520 g/mol. The number of carboxylic acid groups (broad SMARTS) is 1. The number of nitrogens with zero attached hydrogens (tertiary/aromatic N) is 2. The molecule has 2 aliphatic rings. The zero-order valence-electron chi connectivity index (χ0n) is 20.4. The van der Waals surface area contributed by atoms with E-state index in [9.17, 15) is 18.3 Å². The van der Waals surface area contributed by atoms with Crippen LogP contribution >= 0.6 is 11.6 Å². The van der Waals surface area contributed by atoms with Gasteiger partial charge in [-0.1, -0.05) is 49.1 Å². The fourth-order valence-electron chi connectivity index (χ4n) is 4.92. The third-order valence-electron chi connectivity index (χ3n) is 7.23. The van der Waals surface area contributed by atoms with Crippen LogP contribution in [0.25, 0.3) is 0 Å². The van der Waals surface area contributed by atoms with Gasteiger partial charge in [0.15, 0.2) is 0 Å². The lowest BCUT2D eigenvalue weighted by Gasteiger charge is -2.36. The van der Waals surface area contributed by atoms with Crippen molar-refractivity contribution in [3.05, 3.63) is 47.5 Å². The molecule has 4 rings (SSSR count). The van der Waals surface area contributed by atoms with Crippen LogP contribution in [0.2, 0.25) is 5.02 Å². The summed E-state index contributed by atoms with van der Waals surface area (Å²) in [7, 11) is -2.21. The van der Waals surface area contributed by atoms with Crippen LogP contribution < -0.4 is 9.64 Å². The Morgan fingerprint density at radius 1 is 1.14 bits per heavy atom. The Labute approximate surface area is 212 Å². The Hall–Kier alpha value is -2.29. The lowest BCUT2D eigenvalue weighted by atomic mass is 9.83. The Kier molecular flexibility index (Phi) is 7.36. The normalized spacial score (nSPS) is 21.3. The third-order valence-corrected chi connectivity index (χ3v) is 9.43. The average molecular weight is 521 g/mol. The zero-order chi connectivity index (χ0) is 25.4. The number of fused-ring (bicyclic) bond motifs is 1. The van der Waals surface area contributed by atoms with Crippen LogP contribution in [-0.2, 0) is 14.8 Å². The van der Waals surface area contributed by atoms with E-state index in [-0.39, 0.29) is 34.2 Å². The topological polar surface area (TPSA) is 87.2 Å². The summed E-state index contributed by atoms with van der Waals surface area (Å²) in [6.07, 6.45) is 5.41. The van der Waals surface area contributed by atoms with Gasteiger partial charge in [-0.25, -0.2) is 8.42 Å². The maximum atomic E-state index is 13.9. The molecule has 1 fully saturated rings. The maximum absolute atomic E-state index is 13.9. The number of benzene rings is 2. The number of carbonyl (C=O) groups is 1. The molecule has 1 saturated carbocycles. The van der Waals surface area contributed by atoms with Crippen LogP contribution in [0.1, 0.15) is 46.0 Å². The molecule has 7 nitrogen and oxygen atoms in total. The van der Waals surface area contributed by atoms with Gasteiger partial charge >= 0.3 is 5.97 Å². The molecule has 2 aromatic rings. The average Bonchev–Trinajstić information content (AvgIpc) is 2.91. The van der Waals surface area contributed by atoms with Crippen LogP contribution in [0, 0.1) is 11.3 Å². The van der Waals surface area contributed by atoms with Crippen molar-refractivity contribution < 1.29 is 23.1 Å². The number of ether oxygens (including phenoxy) is 1. The molecule has 1 N–H and O–H groups in total. The summed E-state index contributed by atoms with van der Waals surface area (Å²) in [5.41, 5.74) is 0.224. The maximum Gasteiger partial charge on any atom is 0.312 e. The number of carboxylic acids is 1. The third kappa shape index (κ3) is 5.15. The molecule has 2 aromatic carbocycles. The lowest BCUT2D eigenvalue weighted by molar-refractivity contribution is -0.148. The summed E-state index contributed by atoms with van der Waals surface area (Å²) < 4.78 is 35.2. The highest BCUT2D eigenvalue weighted by molar-refractivity contribution is 7.89. The molecule has 0 aromatic heterocycles. The smallest absolute Gasteiger partial charge is 0.312 e.